The number of rotatable bonds is 1. The van der Waals surface area contributed by atoms with Gasteiger partial charge in [0.1, 0.15) is 5.75 Å². The summed E-state index contributed by atoms with van der Waals surface area (Å²) in [4.78, 5) is 15.6. The number of ether oxygens (including phenoxy) is 2. The number of aromatic nitrogens is 1. The Morgan fingerprint density at radius 1 is 1.05 bits per heavy atom. The third kappa shape index (κ3) is 1.98. The van der Waals surface area contributed by atoms with Gasteiger partial charge < -0.3 is 19.6 Å². The molecule has 0 saturated carbocycles. The zero-order valence-corrected chi connectivity index (χ0v) is 11.8. The maximum Gasteiger partial charge on any atom is 0.231 e. The molecule has 0 saturated heterocycles. The van der Waals surface area contributed by atoms with Gasteiger partial charge in [0.2, 0.25) is 6.79 Å². The first kappa shape index (κ1) is 12.8. The van der Waals surface area contributed by atoms with E-state index in [2.05, 4.69) is 4.98 Å². The van der Waals surface area contributed by atoms with E-state index in [0.29, 0.717) is 28.1 Å². The first-order valence-electron chi connectivity index (χ1n) is 6.88. The molecule has 0 spiro atoms. The van der Waals surface area contributed by atoms with Crippen LogP contribution in [0.2, 0.25) is 0 Å². The summed E-state index contributed by atoms with van der Waals surface area (Å²) in [5.74, 6) is 1.37. The molecule has 3 aromatic rings. The molecule has 110 valence electrons. The van der Waals surface area contributed by atoms with E-state index < -0.39 is 0 Å². The average molecular weight is 295 g/mol. The van der Waals surface area contributed by atoms with Gasteiger partial charge in [0.25, 0.3) is 0 Å². The zero-order valence-electron chi connectivity index (χ0n) is 11.8. The minimum absolute atomic E-state index is 0.108. The summed E-state index contributed by atoms with van der Waals surface area (Å²) >= 11 is 0. The van der Waals surface area contributed by atoms with E-state index in [1.54, 1.807) is 24.3 Å². The molecule has 0 fully saturated rings. The van der Waals surface area contributed by atoms with Crippen molar-refractivity contribution in [3.63, 3.8) is 0 Å². The second kappa shape index (κ2) is 4.53. The Balaban J connectivity index is 1.96. The largest absolute Gasteiger partial charge is 0.508 e. The molecule has 0 bridgehead atoms. The van der Waals surface area contributed by atoms with Crippen molar-refractivity contribution in [3.8, 4) is 28.5 Å². The van der Waals surface area contributed by atoms with Crippen LogP contribution >= 0.6 is 0 Å². The molecule has 22 heavy (non-hydrogen) atoms. The summed E-state index contributed by atoms with van der Waals surface area (Å²) in [5, 5.41) is 10.3. The van der Waals surface area contributed by atoms with E-state index in [0.717, 1.165) is 11.1 Å². The van der Waals surface area contributed by atoms with Crippen molar-refractivity contribution in [3.05, 3.63) is 52.2 Å². The van der Waals surface area contributed by atoms with Gasteiger partial charge in [-0.3, -0.25) is 4.79 Å². The molecule has 2 N–H and O–H groups in total. The van der Waals surface area contributed by atoms with Gasteiger partial charge >= 0.3 is 0 Å². The zero-order chi connectivity index (χ0) is 15.3. The second-order valence-electron chi connectivity index (χ2n) is 5.36. The third-order valence-electron chi connectivity index (χ3n) is 3.70. The van der Waals surface area contributed by atoms with Gasteiger partial charge in [-0.1, -0.05) is 0 Å². The lowest BCUT2D eigenvalue weighted by Gasteiger charge is -2.07. The topological polar surface area (TPSA) is 71.5 Å². The van der Waals surface area contributed by atoms with Crippen LogP contribution in [0.15, 0.2) is 41.2 Å². The molecule has 5 heteroatoms. The number of nitrogens with one attached hydrogen (secondary N) is 1. The second-order valence-corrected chi connectivity index (χ2v) is 5.36. The molecule has 0 unspecified atom stereocenters. The first-order valence-corrected chi connectivity index (χ1v) is 6.88. The first-order chi connectivity index (χ1) is 10.6. The van der Waals surface area contributed by atoms with Crippen LogP contribution in [-0.4, -0.2) is 16.9 Å². The molecule has 1 aliphatic heterocycles. The van der Waals surface area contributed by atoms with Gasteiger partial charge in [0.15, 0.2) is 16.9 Å². The number of aromatic amines is 1. The number of hydrogen-bond donors (Lipinski definition) is 2. The van der Waals surface area contributed by atoms with Crippen LogP contribution < -0.4 is 14.9 Å². The fourth-order valence-corrected chi connectivity index (χ4v) is 2.71. The number of H-pyrrole nitrogens is 1. The van der Waals surface area contributed by atoms with Crippen LogP contribution in [0.5, 0.6) is 17.2 Å². The smallest absolute Gasteiger partial charge is 0.231 e. The molecule has 1 aromatic heterocycles. The van der Waals surface area contributed by atoms with Crippen molar-refractivity contribution >= 4 is 10.9 Å². The minimum atomic E-state index is -0.108. The molecule has 2 heterocycles. The Kier molecular flexibility index (Phi) is 2.63. The van der Waals surface area contributed by atoms with Gasteiger partial charge in [-0.15, -0.1) is 0 Å². The van der Waals surface area contributed by atoms with Crippen LogP contribution in [0.4, 0.5) is 0 Å². The highest BCUT2D eigenvalue weighted by Gasteiger charge is 2.16. The van der Waals surface area contributed by atoms with Gasteiger partial charge in [-0.2, -0.15) is 0 Å². The predicted octanol–water partition coefficient (Wildman–Crippen LogP) is 2.94. The van der Waals surface area contributed by atoms with Crippen molar-refractivity contribution in [2.45, 2.75) is 6.92 Å². The summed E-state index contributed by atoms with van der Waals surface area (Å²) in [6.45, 7) is 2.05. The monoisotopic (exact) mass is 295 g/mol. The lowest BCUT2D eigenvalue weighted by molar-refractivity contribution is 0.174. The fraction of sp³-hybridized carbons (Fsp3) is 0.118. The number of fused-ring (bicyclic) bond motifs is 2. The summed E-state index contributed by atoms with van der Waals surface area (Å²) < 4.78 is 10.6. The van der Waals surface area contributed by atoms with Gasteiger partial charge in [0.05, 0.1) is 5.52 Å². The van der Waals surface area contributed by atoms with Crippen LogP contribution in [-0.2, 0) is 0 Å². The average Bonchev–Trinajstić information content (AvgIpc) is 2.91. The molecular weight excluding hydrogens is 282 g/mol. The summed E-state index contributed by atoms with van der Waals surface area (Å²) in [6, 6.07) is 10.2. The number of phenols is 1. The molecule has 0 radical (unpaired) electrons. The number of hydrogen-bond acceptors (Lipinski definition) is 4. The normalized spacial score (nSPS) is 12.8. The fourth-order valence-electron chi connectivity index (χ4n) is 2.71. The molecule has 5 nitrogen and oxygen atoms in total. The van der Waals surface area contributed by atoms with E-state index in [9.17, 15) is 9.90 Å². The maximum absolute atomic E-state index is 12.4. The highest BCUT2D eigenvalue weighted by molar-refractivity contribution is 5.85. The quantitative estimate of drug-likeness (QED) is 0.724. The van der Waals surface area contributed by atoms with Gasteiger partial charge in [-0.05, 0) is 36.8 Å². The highest BCUT2D eigenvalue weighted by atomic mass is 16.7. The molecule has 0 aliphatic carbocycles. The van der Waals surface area contributed by atoms with Crippen LogP contribution in [0.25, 0.3) is 22.2 Å². The van der Waals surface area contributed by atoms with Crippen molar-refractivity contribution in [2.24, 2.45) is 0 Å². The Morgan fingerprint density at radius 3 is 2.59 bits per heavy atom. The molecular formula is C17H13NO4. The number of phenolic OH excluding ortho intramolecular Hbond substituents is 1. The minimum Gasteiger partial charge on any atom is -0.508 e. The molecule has 0 atom stereocenters. The van der Waals surface area contributed by atoms with Crippen molar-refractivity contribution in [2.75, 3.05) is 6.79 Å². The summed E-state index contributed by atoms with van der Waals surface area (Å²) in [6.07, 6.45) is 0. The molecule has 2 aromatic carbocycles. The van der Waals surface area contributed by atoms with Crippen LogP contribution in [0, 0.1) is 6.92 Å². The number of aryl methyl sites for hydroxylation is 1. The SMILES string of the molecule is Cc1cc(O)cc(-c2cc(=O)c3cc4c(cc3[nH]2)OCO4)c1. The Bertz CT molecular complexity index is 939. The molecule has 4 rings (SSSR count). The highest BCUT2D eigenvalue weighted by Crippen LogP contribution is 2.35. The summed E-state index contributed by atoms with van der Waals surface area (Å²) in [7, 11) is 0. The molecule has 0 amide bonds. The van der Waals surface area contributed by atoms with E-state index >= 15 is 0 Å². The number of benzene rings is 2. The van der Waals surface area contributed by atoms with Gasteiger partial charge in [-0.25, -0.2) is 0 Å². The number of pyridine rings is 1. The van der Waals surface area contributed by atoms with E-state index in [4.69, 9.17) is 9.47 Å². The molecule has 1 aliphatic rings. The summed E-state index contributed by atoms with van der Waals surface area (Å²) in [5.41, 5.74) is 2.89. The van der Waals surface area contributed by atoms with E-state index in [1.807, 2.05) is 13.0 Å². The standard InChI is InChI=1S/C17H13NO4/c1-9-2-10(4-11(19)3-9)13-6-15(20)12-5-16-17(22-8-21-16)7-14(12)18-13/h2-7,19H,8H2,1H3,(H,18,20). The van der Waals surface area contributed by atoms with Crippen molar-refractivity contribution < 1.29 is 14.6 Å². The lowest BCUT2D eigenvalue weighted by Crippen LogP contribution is -2.03. The van der Waals surface area contributed by atoms with Crippen molar-refractivity contribution in [1.29, 1.82) is 0 Å². The van der Waals surface area contributed by atoms with Crippen LogP contribution in [0.1, 0.15) is 5.56 Å². The Labute approximate surface area is 125 Å². The van der Waals surface area contributed by atoms with Crippen molar-refractivity contribution in [1.82, 2.24) is 4.98 Å². The Hall–Kier alpha value is -2.95. The Morgan fingerprint density at radius 2 is 1.82 bits per heavy atom. The van der Waals surface area contributed by atoms with E-state index in [1.165, 1.54) is 6.07 Å². The lowest BCUT2D eigenvalue weighted by atomic mass is 10.1. The number of aromatic hydroxyl groups is 1. The van der Waals surface area contributed by atoms with Gasteiger partial charge in [0, 0.05) is 28.8 Å². The predicted molar refractivity (Wildman–Crippen MR) is 82.5 cm³/mol. The van der Waals surface area contributed by atoms with E-state index in [-0.39, 0.29) is 18.0 Å². The maximum atomic E-state index is 12.4. The third-order valence-corrected chi connectivity index (χ3v) is 3.70. The van der Waals surface area contributed by atoms with Crippen LogP contribution in [0.3, 0.4) is 0 Å².